The van der Waals surface area contributed by atoms with Crippen LogP contribution in [0.2, 0.25) is 0 Å². The maximum Gasteiger partial charge on any atom is 0.226 e. The minimum Gasteiger partial charge on any atom is -0.354 e. The maximum absolute atomic E-state index is 4.53. The van der Waals surface area contributed by atoms with E-state index >= 15 is 0 Å². The van der Waals surface area contributed by atoms with Crippen molar-refractivity contribution in [2.75, 3.05) is 17.2 Å². The molecule has 0 amide bonds. The lowest BCUT2D eigenvalue weighted by atomic mass is 10.3. The number of rotatable bonds is 4. The summed E-state index contributed by atoms with van der Waals surface area (Å²) in [6.07, 6.45) is 0. The topological polar surface area (TPSA) is 49.8 Å². The van der Waals surface area contributed by atoms with Gasteiger partial charge in [0.25, 0.3) is 0 Å². The van der Waals surface area contributed by atoms with Crippen LogP contribution in [0.3, 0.4) is 0 Å². The largest absolute Gasteiger partial charge is 0.354 e. The summed E-state index contributed by atoms with van der Waals surface area (Å²) in [6, 6.07) is 12.1. The van der Waals surface area contributed by atoms with Crippen molar-refractivity contribution in [2.24, 2.45) is 0 Å². The number of hydrogen-bond acceptors (Lipinski definition) is 5. The van der Waals surface area contributed by atoms with Gasteiger partial charge in [0.1, 0.15) is 10.6 Å². The molecule has 0 saturated carbocycles. The summed E-state index contributed by atoms with van der Waals surface area (Å²) in [5.74, 6) is 1.50. The molecule has 0 atom stereocenters. The number of hydrogen-bond donors (Lipinski definition) is 2. The minimum absolute atomic E-state index is 0.663. The molecule has 0 radical (unpaired) electrons. The minimum atomic E-state index is 0.663. The molecule has 0 aliphatic heterocycles. The predicted molar refractivity (Wildman–Crippen MR) is 81.3 cm³/mol. The number of para-hydroxylation sites is 1. The van der Waals surface area contributed by atoms with Crippen LogP contribution in [0.5, 0.6) is 0 Å². The van der Waals surface area contributed by atoms with Crippen molar-refractivity contribution < 1.29 is 0 Å². The molecule has 1 aromatic carbocycles. The summed E-state index contributed by atoms with van der Waals surface area (Å²) in [7, 11) is 0. The molecule has 3 aromatic rings. The first-order valence-corrected chi connectivity index (χ1v) is 7.06. The average Bonchev–Trinajstić information content (AvgIpc) is 2.89. The van der Waals surface area contributed by atoms with E-state index in [1.54, 1.807) is 11.3 Å². The van der Waals surface area contributed by atoms with Crippen molar-refractivity contribution in [1.82, 2.24) is 9.97 Å². The molecule has 2 aromatic heterocycles. The molecule has 2 N–H and O–H groups in total. The molecule has 0 saturated heterocycles. The van der Waals surface area contributed by atoms with Gasteiger partial charge in [0.2, 0.25) is 5.95 Å². The lowest BCUT2D eigenvalue weighted by Gasteiger charge is -2.09. The molecule has 5 heteroatoms. The Hall–Kier alpha value is -2.14. The average molecular weight is 270 g/mol. The molecule has 3 rings (SSSR count). The van der Waals surface area contributed by atoms with Crippen LogP contribution in [0.25, 0.3) is 10.2 Å². The van der Waals surface area contributed by atoms with Crippen LogP contribution in [-0.2, 0) is 0 Å². The number of aromatic nitrogens is 2. The fourth-order valence-corrected chi connectivity index (χ4v) is 2.61. The van der Waals surface area contributed by atoms with Gasteiger partial charge in [-0.1, -0.05) is 18.2 Å². The van der Waals surface area contributed by atoms with Gasteiger partial charge in [-0.2, -0.15) is 4.98 Å². The quantitative estimate of drug-likeness (QED) is 0.755. The molecule has 0 aliphatic rings. The summed E-state index contributed by atoms with van der Waals surface area (Å²) < 4.78 is 0. The predicted octanol–water partition coefficient (Wildman–Crippen LogP) is 3.87. The fraction of sp³-hybridized carbons (Fsp3) is 0.143. The Morgan fingerprint density at radius 3 is 2.74 bits per heavy atom. The van der Waals surface area contributed by atoms with E-state index in [0.29, 0.717) is 5.95 Å². The van der Waals surface area contributed by atoms with Crippen LogP contribution >= 0.6 is 11.3 Å². The second kappa shape index (κ2) is 5.24. The van der Waals surface area contributed by atoms with Crippen molar-refractivity contribution >= 4 is 39.0 Å². The third-order valence-corrected chi connectivity index (χ3v) is 3.50. The molecule has 96 valence electrons. The fourth-order valence-electron chi connectivity index (χ4n) is 1.85. The zero-order valence-corrected chi connectivity index (χ0v) is 11.4. The first-order valence-electron chi connectivity index (χ1n) is 6.18. The molecule has 0 fully saturated rings. The van der Waals surface area contributed by atoms with Crippen molar-refractivity contribution in [1.29, 1.82) is 0 Å². The zero-order chi connectivity index (χ0) is 13.1. The van der Waals surface area contributed by atoms with Gasteiger partial charge in [-0.3, -0.25) is 0 Å². The summed E-state index contributed by atoms with van der Waals surface area (Å²) in [5, 5.41) is 9.59. The highest BCUT2D eigenvalue weighted by Crippen LogP contribution is 2.28. The van der Waals surface area contributed by atoms with Gasteiger partial charge in [0.05, 0.1) is 5.39 Å². The van der Waals surface area contributed by atoms with Gasteiger partial charge < -0.3 is 10.6 Å². The Kier molecular flexibility index (Phi) is 3.29. The molecular weight excluding hydrogens is 256 g/mol. The smallest absolute Gasteiger partial charge is 0.226 e. The molecule has 0 unspecified atom stereocenters. The van der Waals surface area contributed by atoms with Crippen molar-refractivity contribution in [3.8, 4) is 0 Å². The summed E-state index contributed by atoms with van der Waals surface area (Å²) >= 11 is 1.62. The number of nitrogens with zero attached hydrogens (tertiary/aromatic N) is 2. The number of nitrogens with one attached hydrogen (secondary N) is 2. The van der Waals surface area contributed by atoms with Crippen LogP contribution in [0.1, 0.15) is 6.92 Å². The zero-order valence-electron chi connectivity index (χ0n) is 10.6. The Labute approximate surface area is 115 Å². The number of thiophene rings is 1. The van der Waals surface area contributed by atoms with Gasteiger partial charge >= 0.3 is 0 Å². The highest BCUT2D eigenvalue weighted by atomic mass is 32.1. The van der Waals surface area contributed by atoms with Gasteiger partial charge in [-0.05, 0) is 30.5 Å². The van der Waals surface area contributed by atoms with Crippen molar-refractivity contribution in [3.05, 3.63) is 41.8 Å². The normalized spacial score (nSPS) is 10.6. The van der Waals surface area contributed by atoms with E-state index in [-0.39, 0.29) is 0 Å². The van der Waals surface area contributed by atoms with Gasteiger partial charge in [0.15, 0.2) is 0 Å². The second-order valence-corrected chi connectivity index (χ2v) is 4.95. The summed E-state index contributed by atoms with van der Waals surface area (Å²) in [4.78, 5) is 10.0. The molecule has 19 heavy (non-hydrogen) atoms. The first-order chi connectivity index (χ1) is 9.36. The van der Waals surface area contributed by atoms with E-state index in [2.05, 4.69) is 20.6 Å². The highest BCUT2D eigenvalue weighted by molar-refractivity contribution is 7.16. The number of fused-ring (bicyclic) bond motifs is 1. The van der Waals surface area contributed by atoms with Gasteiger partial charge in [-0.25, -0.2) is 4.98 Å². The third-order valence-electron chi connectivity index (χ3n) is 2.70. The molecule has 2 heterocycles. The van der Waals surface area contributed by atoms with Gasteiger partial charge in [0, 0.05) is 12.2 Å². The maximum atomic E-state index is 4.53. The van der Waals surface area contributed by atoms with E-state index in [1.807, 2.05) is 48.7 Å². The van der Waals surface area contributed by atoms with Crippen LogP contribution in [0.15, 0.2) is 41.8 Å². The lowest BCUT2D eigenvalue weighted by Crippen LogP contribution is -2.04. The standard InChI is InChI=1S/C14H14N4S/c1-2-15-14-17-12(11-8-9-19-13(11)18-14)16-10-6-4-3-5-7-10/h3-9H,2H2,1H3,(H2,15,16,17,18). The van der Waals surface area contributed by atoms with Crippen molar-refractivity contribution in [3.63, 3.8) is 0 Å². The van der Waals surface area contributed by atoms with E-state index in [4.69, 9.17) is 0 Å². The van der Waals surface area contributed by atoms with E-state index in [1.165, 1.54) is 0 Å². The number of anilines is 3. The molecular formula is C14H14N4S. The lowest BCUT2D eigenvalue weighted by molar-refractivity contribution is 1.11. The summed E-state index contributed by atoms with van der Waals surface area (Å²) in [5.41, 5.74) is 1.02. The Morgan fingerprint density at radius 2 is 1.95 bits per heavy atom. The van der Waals surface area contributed by atoms with E-state index < -0.39 is 0 Å². The van der Waals surface area contributed by atoms with Gasteiger partial charge in [-0.15, -0.1) is 11.3 Å². The Morgan fingerprint density at radius 1 is 1.11 bits per heavy atom. The van der Waals surface area contributed by atoms with Crippen LogP contribution in [-0.4, -0.2) is 16.5 Å². The Bertz CT molecular complexity index is 678. The van der Waals surface area contributed by atoms with Crippen LogP contribution < -0.4 is 10.6 Å². The summed E-state index contributed by atoms with van der Waals surface area (Å²) in [6.45, 7) is 2.84. The second-order valence-electron chi connectivity index (χ2n) is 4.06. The molecule has 0 spiro atoms. The van der Waals surface area contributed by atoms with Crippen LogP contribution in [0, 0.1) is 0 Å². The SMILES string of the molecule is CCNc1nc(Nc2ccccc2)c2ccsc2n1. The monoisotopic (exact) mass is 270 g/mol. The van der Waals surface area contributed by atoms with E-state index in [9.17, 15) is 0 Å². The molecule has 4 nitrogen and oxygen atoms in total. The van der Waals surface area contributed by atoms with Crippen LogP contribution in [0.4, 0.5) is 17.5 Å². The first kappa shape index (κ1) is 11.9. The molecule has 0 bridgehead atoms. The van der Waals surface area contributed by atoms with E-state index in [0.717, 1.165) is 28.3 Å². The van der Waals surface area contributed by atoms with Crippen molar-refractivity contribution in [2.45, 2.75) is 6.92 Å². The number of benzene rings is 1. The Balaban J connectivity index is 2.03. The molecule has 0 aliphatic carbocycles. The third kappa shape index (κ3) is 2.51. The highest BCUT2D eigenvalue weighted by Gasteiger charge is 2.08.